The zero-order chi connectivity index (χ0) is 11.9. The van der Waals surface area contributed by atoms with Crippen LogP contribution in [0.5, 0.6) is 0 Å². The Hall–Kier alpha value is -0.930. The maximum atomic E-state index is 9.10. The van der Waals surface area contributed by atoms with E-state index in [1.807, 2.05) is 17.5 Å². The Bertz CT molecular complexity index is 354. The second-order valence-electron chi connectivity index (χ2n) is 3.99. The van der Waals surface area contributed by atoms with Crippen molar-refractivity contribution in [2.24, 2.45) is 0 Å². The summed E-state index contributed by atoms with van der Waals surface area (Å²) in [4.78, 5) is 3.45. The Labute approximate surface area is 106 Å². The van der Waals surface area contributed by atoms with Gasteiger partial charge in [-0.3, -0.25) is 10.2 Å². The lowest BCUT2D eigenvalue weighted by Gasteiger charge is -2.26. The van der Waals surface area contributed by atoms with Gasteiger partial charge in [-0.15, -0.1) is 11.3 Å². The third-order valence-corrected chi connectivity index (χ3v) is 3.77. The van der Waals surface area contributed by atoms with Gasteiger partial charge in [0.2, 0.25) is 0 Å². The van der Waals surface area contributed by atoms with Crippen LogP contribution in [0, 0.1) is 11.3 Å². The molecule has 1 aromatic heterocycles. The average molecular weight is 251 g/mol. The fourth-order valence-electron chi connectivity index (χ4n) is 1.86. The minimum Gasteiger partial charge on any atom is -0.379 e. The quantitative estimate of drug-likeness (QED) is 0.855. The van der Waals surface area contributed by atoms with Gasteiger partial charge in [0, 0.05) is 31.1 Å². The average Bonchev–Trinajstić information content (AvgIpc) is 2.90. The van der Waals surface area contributed by atoms with E-state index in [0.717, 1.165) is 44.3 Å². The molecule has 92 valence electrons. The summed E-state index contributed by atoms with van der Waals surface area (Å²) in [5, 5.41) is 14.4. The summed E-state index contributed by atoms with van der Waals surface area (Å²) in [7, 11) is 0. The molecule has 2 rings (SSSR count). The number of rotatable bonds is 5. The minimum absolute atomic E-state index is 0.170. The van der Waals surface area contributed by atoms with E-state index in [1.54, 1.807) is 11.3 Å². The van der Waals surface area contributed by atoms with Crippen molar-refractivity contribution in [1.29, 1.82) is 5.26 Å². The maximum Gasteiger partial charge on any atom is 0.130 e. The summed E-state index contributed by atoms with van der Waals surface area (Å²) in [6.07, 6.45) is 0. The molecule has 17 heavy (non-hydrogen) atoms. The van der Waals surface area contributed by atoms with Crippen LogP contribution in [-0.4, -0.2) is 44.3 Å². The van der Waals surface area contributed by atoms with Crippen molar-refractivity contribution >= 4 is 11.3 Å². The number of morpholine rings is 1. The van der Waals surface area contributed by atoms with E-state index in [2.05, 4.69) is 16.3 Å². The Morgan fingerprint density at radius 2 is 2.35 bits per heavy atom. The molecule has 1 aliphatic rings. The highest BCUT2D eigenvalue weighted by molar-refractivity contribution is 7.10. The topological polar surface area (TPSA) is 48.3 Å². The lowest BCUT2D eigenvalue weighted by Crippen LogP contribution is -2.40. The van der Waals surface area contributed by atoms with Crippen molar-refractivity contribution in [2.45, 2.75) is 6.04 Å². The van der Waals surface area contributed by atoms with Crippen LogP contribution in [0.15, 0.2) is 17.5 Å². The molecular weight excluding hydrogens is 234 g/mol. The normalized spacial score (nSPS) is 18.8. The van der Waals surface area contributed by atoms with Crippen LogP contribution in [0.2, 0.25) is 0 Å². The van der Waals surface area contributed by atoms with E-state index in [9.17, 15) is 0 Å². The van der Waals surface area contributed by atoms with Crippen LogP contribution in [-0.2, 0) is 4.74 Å². The van der Waals surface area contributed by atoms with Crippen LogP contribution in [0.25, 0.3) is 0 Å². The van der Waals surface area contributed by atoms with Gasteiger partial charge in [-0.25, -0.2) is 0 Å². The first-order chi connectivity index (χ1) is 8.40. The fraction of sp³-hybridized carbons (Fsp3) is 0.583. The number of hydrogen-bond acceptors (Lipinski definition) is 5. The van der Waals surface area contributed by atoms with Gasteiger partial charge in [0.1, 0.15) is 6.04 Å². The van der Waals surface area contributed by atoms with Gasteiger partial charge < -0.3 is 4.74 Å². The van der Waals surface area contributed by atoms with E-state index < -0.39 is 0 Å². The summed E-state index contributed by atoms with van der Waals surface area (Å²) >= 11 is 1.62. The molecule has 0 saturated carbocycles. The van der Waals surface area contributed by atoms with E-state index in [1.165, 1.54) is 0 Å². The molecule has 1 saturated heterocycles. The highest BCUT2D eigenvalue weighted by Gasteiger charge is 2.13. The van der Waals surface area contributed by atoms with Crippen molar-refractivity contribution in [2.75, 3.05) is 39.4 Å². The molecule has 1 N–H and O–H groups in total. The Kier molecular flexibility index (Phi) is 4.95. The summed E-state index contributed by atoms with van der Waals surface area (Å²) in [6.45, 7) is 5.47. The second-order valence-corrected chi connectivity index (χ2v) is 4.96. The monoisotopic (exact) mass is 251 g/mol. The molecule has 1 unspecified atom stereocenters. The van der Waals surface area contributed by atoms with Crippen LogP contribution < -0.4 is 5.32 Å². The molecule has 0 aliphatic carbocycles. The maximum absolute atomic E-state index is 9.10. The smallest absolute Gasteiger partial charge is 0.130 e. The number of nitrogens with one attached hydrogen (secondary N) is 1. The fourth-order valence-corrected chi connectivity index (χ4v) is 2.60. The Balaban J connectivity index is 1.71. The lowest BCUT2D eigenvalue weighted by atomic mass is 10.2. The van der Waals surface area contributed by atoms with Gasteiger partial charge in [-0.2, -0.15) is 5.26 Å². The zero-order valence-corrected chi connectivity index (χ0v) is 10.6. The summed E-state index contributed by atoms with van der Waals surface area (Å²) in [6, 6.07) is 6.11. The van der Waals surface area contributed by atoms with Crippen LogP contribution in [0.4, 0.5) is 0 Å². The summed E-state index contributed by atoms with van der Waals surface area (Å²) in [5.41, 5.74) is 0. The first-order valence-electron chi connectivity index (χ1n) is 5.86. The van der Waals surface area contributed by atoms with E-state index in [-0.39, 0.29) is 6.04 Å². The molecular formula is C12H17N3OS. The van der Waals surface area contributed by atoms with E-state index in [4.69, 9.17) is 10.00 Å². The minimum atomic E-state index is -0.170. The molecule has 4 nitrogen and oxygen atoms in total. The lowest BCUT2D eigenvalue weighted by molar-refractivity contribution is 0.0383. The van der Waals surface area contributed by atoms with Gasteiger partial charge in [0.05, 0.1) is 19.3 Å². The molecule has 5 heteroatoms. The molecule has 1 aromatic rings. The zero-order valence-electron chi connectivity index (χ0n) is 9.76. The SMILES string of the molecule is N#CC(NCCN1CCOCC1)c1cccs1. The van der Waals surface area contributed by atoms with E-state index in [0.29, 0.717) is 0 Å². The van der Waals surface area contributed by atoms with Gasteiger partial charge in [0.15, 0.2) is 0 Å². The highest BCUT2D eigenvalue weighted by Crippen LogP contribution is 2.17. The Morgan fingerprint density at radius 3 is 3.00 bits per heavy atom. The van der Waals surface area contributed by atoms with Gasteiger partial charge in [-0.1, -0.05) is 6.07 Å². The van der Waals surface area contributed by atoms with Crippen molar-refractivity contribution in [3.63, 3.8) is 0 Å². The predicted molar refractivity (Wildman–Crippen MR) is 67.9 cm³/mol. The third kappa shape index (κ3) is 3.79. The first-order valence-corrected chi connectivity index (χ1v) is 6.74. The standard InChI is InChI=1S/C12H17N3OS/c13-10-11(12-2-1-9-17-12)14-3-4-15-5-7-16-8-6-15/h1-2,9,11,14H,3-8H2. The van der Waals surface area contributed by atoms with E-state index >= 15 is 0 Å². The highest BCUT2D eigenvalue weighted by atomic mass is 32.1. The molecule has 0 amide bonds. The van der Waals surface area contributed by atoms with Crippen molar-refractivity contribution in [3.05, 3.63) is 22.4 Å². The first kappa shape index (κ1) is 12.5. The number of hydrogen-bond donors (Lipinski definition) is 1. The number of thiophene rings is 1. The molecule has 0 spiro atoms. The third-order valence-electron chi connectivity index (χ3n) is 2.84. The summed E-state index contributed by atoms with van der Waals surface area (Å²) < 4.78 is 5.29. The van der Waals surface area contributed by atoms with Crippen molar-refractivity contribution < 1.29 is 4.74 Å². The number of nitrogens with zero attached hydrogens (tertiary/aromatic N) is 2. The number of ether oxygens (including phenoxy) is 1. The summed E-state index contributed by atoms with van der Waals surface area (Å²) in [5.74, 6) is 0. The molecule has 0 aromatic carbocycles. The molecule has 1 atom stereocenters. The molecule has 1 aliphatic heterocycles. The van der Waals surface area contributed by atoms with Crippen LogP contribution in [0.1, 0.15) is 10.9 Å². The molecule has 0 bridgehead atoms. The largest absolute Gasteiger partial charge is 0.379 e. The van der Waals surface area contributed by atoms with Crippen LogP contribution >= 0.6 is 11.3 Å². The van der Waals surface area contributed by atoms with Crippen molar-refractivity contribution in [3.8, 4) is 6.07 Å². The molecule has 2 heterocycles. The van der Waals surface area contributed by atoms with Gasteiger partial charge in [-0.05, 0) is 11.4 Å². The molecule has 0 radical (unpaired) electrons. The number of nitriles is 1. The van der Waals surface area contributed by atoms with Crippen molar-refractivity contribution in [1.82, 2.24) is 10.2 Å². The Morgan fingerprint density at radius 1 is 1.53 bits per heavy atom. The van der Waals surface area contributed by atoms with Gasteiger partial charge in [0.25, 0.3) is 0 Å². The van der Waals surface area contributed by atoms with Crippen LogP contribution in [0.3, 0.4) is 0 Å². The predicted octanol–water partition coefficient (Wildman–Crippen LogP) is 1.23. The molecule has 1 fully saturated rings. The second kappa shape index (κ2) is 6.72. The van der Waals surface area contributed by atoms with Gasteiger partial charge >= 0.3 is 0 Å².